The molecule has 1 atom stereocenters. The smallest absolute Gasteiger partial charge is 0.337 e. The minimum Gasteiger partial charge on any atom is -0.492 e. The Morgan fingerprint density at radius 1 is 1.26 bits per heavy atom. The lowest BCUT2D eigenvalue weighted by molar-refractivity contribution is 0.0600. The highest BCUT2D eigenvalue weighted by Crippen LogP contribution is 2.38. The van der Waals surface area contributed by atoms with Crippen LogP contribution in [-0.2, 0) is 21.2 Å². The molecule has 0 bridgehead atoms. The lowest BCUT2D eigenvalue weighted by atomic mass is 10.1. The highest BCUT2D eigenvalue weighted by atomic mass is 32.2. The first-order chi connectivity index (χ1) is 12.8. The van der Waals surface area contributed by atoms with E-state index in [1.807, 2.05) is 13.8 Å². The first-order valence-electron chi connectivity index (χ1n) is 8.51. The highest BCUT2D eigenvalue weighted by molar-refractivity contribution is 7.92. The molecule has 0 aliphatic carbocycles. The average molecular weight is 391 g/mol. The third-order valence-electron chi connectivity index (χ3n) is 4.13. The number of ether oxygens (including phenoxy) is 3. The summed E-state index contributed by atoms with van der Waals surface area (Å²) in [6.07, 6.45) is 0.782. The normalized spacial score (nSPS) is 15.6. The van der Waals surface area contributed by atoms with Crippen molar-refractivity contribution in [1.82, 2.24) is 0 Å². The zero-order valence-electron chi connectivity index (χ0n) is 15.3. The fraction of sp³-hybridized carbons (Fsp3) is 0.316. The first kappa shape index (κ1) is 19.0. The van der Waals surface area contributed by atoms with Crippen LogP contribution in [0.15, 0.2) is 41.3 Å². The summed E-state index contributed by atoms with van der Waals surface area (Å²) in [6.45, 7) is 4.18. The van der Waals surface area contributed by atoms with Crippen molar-refractivity contribution in [3.63, 3.8) is 0 Å². The van der Waals surface area contributed by atoms with E-state index in [0.29, 0.717) is 23.8 Å². The molecule has 2 aromatic rings. The second-order valence-electron chi connectivity index (χ2n) is 6.14. The number of carbonyl (C=O) groups is 1. The third-order valence-corrected chi connectivity index (χ3v) is 5.51. The molecule has 0 aromatic heterocycles. The summed E-state index contributed by atoms with van der Waals surface area (Å²) in [7, 11) is -2.61. The number of benzene rings is 2. The summed E-state index contributed by atoms with van der Waals surface area (Å²) in [4.78, 5) is 11.5. The Balaban J connectivity index is 1.91. The van der Waals surface area contributed by atoms with Crippen LogP contribution >= 0.6 is 0 Å². The Kier molecular flexibility index (Phi) is 5.27. The number of methoxy groups -OCH3 is 1. The zero-order chi connectivity index (χ0) is 19.6. The molecule has 2 aromatic carbocycles. The fourth-order valence-corrected chi connectivity index (χ4v) is 3.95. The van der Waals surface area contributed by atoms with Crippen LogP contribution in [0.2, 0.25) is 0 Å². The van der Waals surface area contributed by atoms with Crippen LogP contribution in [0, 0.1) is 0 Å². The minimum absolute atomic E-state index is 0.0207. The lowest BCUT2D eigenvalue weighted by Gasteiger charge is -2.15. The first-order valence-corrected chi connectivity index (χ1v) is 10.00. The summed E-state index contributed by atoms with van der Waals surface area (Å²) < 4.78 is 44.0. The van der Waals surface area contributed by atoms with Gasteiger partial charge in [0.25, 0.3) is 10.0 Å². The van der Waals surface area contributed by atoms with Crippen LogP contribution in [0.3, 0.4) is 0 Å². The molecule has 27 heavy (non-hydrogen) atoms. The van der Waals surface area contributed by atoms with E-state index in [4.69, 9.17) is 9.47 Å². The largest absolute Gasteiger partial charge is 0.492 e. The van der Waals surface area contributed by atoms with Gasteiger partial charge in [-0.05, 0) is 44.2 Å². The number of esters is 1. The van der Waals surface area contributed by atoms with Gasteiger partial charge in [-0.3, -0.25) is 4.72 Å². The lowest BCUT2D eigenvalue weighted by Crippen LogP contribution is -2.14. The number of nitrogens with one attached hydrogen (secondary N) is 1. The molecule has 1 aliphatic heterocycles. The molecule has 0 radical (unpaired) electrons. The van der Waals surface area contributed by atoms with Crippen LogP contribution in [0.4, 0.5) is 5.69 Å². The summed E-state index contributed by atoms with van der Waals surface area (Å²) >= 11 is 0. The summed E-state index contributed by atoms with van der Waals surface area (Å²) in [5, 5.41) is 0. The molecule has 7 nitrogen and oxygen atoms in total. The zero-order valence-corrected chi connectivity index (χ0v) is 16.1. The van der Waals surface area contributed by atoms with Gasteiger partial charge in [0.1, 0.15) is 17.6 Å². The van der Waals surface area contributed by atoms with E-state index in [1.54, 1.807) is 12.1 Å². The van der Waals surface area contributed by atoms with Gasteiger partial charge >= 0.3 is 5.97 Å². The second-order valence-corrected chi connectivity index (χ2v) is 7.83. The van der Waals surface area contributed by atoms with Crippen LogP contribution in [0.25, 0.3) is 0 Å². The molecule has 144 valence electrons. The van der Waals surface area contributed by atoms with Crippen molar-refractivity contribution in [2.45, 2.75) is 31.3 Å². The number of hydrogen-bond donors (Lipinski definition) is 1. The Bertz CT molecular complexity index is 953. The van der Waals surface area contributed by atoms with Gasteiger partial charge in [0.05, 0.1) is 29.9 Å². The molecule has 1 unspecified atom stereocenters. The van der Waals surface area contributed by atoms with Gasteiger partial charge in [0.2, 0.25) is 0 Å². The van der Waals surface area contributed by atoms with E-state index in [-0.39, 0.29) is 16.6 Å². The number of hydrogen-bond acceptors (Lipinski definition) is 6. The average Bonchev–Trinajstić information content (AvgIpc) is 3.00. The molecule has 0 spiro atoms. The van der Waals surface area contributed by atoms with Crippen LogP contribution in [-0.4, -0.2) is 34.2 Å². The molecule has 0 saturated carbocycles. The number of fused-ring (bicyclic) bond motifs is 1. The van der Waals surface area contributed by atoms with Gasteiger partial charge in [-0.15, -0.1) is 0 Å². The molecule has 8 heteroatoms. The van der Waals surface area contributed by atoms with E-state index < -0.39 is 16.0 Å². The molecule has 0 fully saturated rings. The predicted molar refractivity (Wildman–Crippen MR) is 100.0 cm³/mol. The predicted octanol–water partition coefficient (Wildman–Crippen LogP) is 3.00. The van der Waals surface area contributed by atoms with E-state index >= 15 is 0 Å². The van der Waals surface area contributed by atoms with Gasteiger partial charge in [-0.1, -0.05) is 0 Å². The summed E-state index contributed by atoms with van der Waals surface area (Å²) in [5.41, 5.74) is 1.56. The topological polar surface area (TPSA) is 90.9 Å². The quantitative estimate of drug-likeness (QED) is 0.761. The van der Waals surface area contributed by atoms with Gasteiger partial charge in [0, 0.05) is 18.1 Å². The SMILES string of the molecule is CCOc1cc2c(cc1NS(=O)(=O)c1ccc(C(=O)OC)cc1)OC(C)C2. The minimum atomic E-state index is -3.87. The van der Waals surface area contributed by atoms with Crippen LogP contribution < -0.4 is 14.2 Å². The molecule has 1 N–H and O–H groups in total. The van der Waals surface area contributed by atoms with Gasteiger partial charge in [-0.2, -0.15) is 0 Å². The molecular weight excluding hydrogens is 370 g/mol. The number of carbonyl (C=O) groups excluding carboxylic acids is 1. The monoisotopic (exact) mass is 391 g/mol. The number of sulfonamides is 1. The van der Waals surface area contributed by atoms with Crippen molar-refractivity contribution in [1.29, 1.82) is 0 Å². The summed E-state index contributed by atoms with van der Waals surface area (Å²) in [5.74, 6) is 0.559. The Morgan fingerprint density at radius 3 is 2.59 bits per heavy atom. The highest BCUT2D eigenvalue weighted by Gasteiger charge is 2.24. The molecular formula is C19H21NO6S. The van der Waals surface area contributed by atoms with Crippen molar-refractivity contribution < 1.29 is 27.4 Å². The molecule has 3 rings (SSSR count). The van der Waals surface area contributed by atoms with E-state index in [1.165, 1.54) is 31.4 Å². The van der Waals surface area contributed by atoms with Crippen LogP contribution in [0.1, 0.15) is 29.8 Å². The molecule has 0 saturated heterocycles. The Labute approximate surface area is 158 Å². The van der Waals surface area contributed by atoms with E-state index in [9.17, 15) is 13.2 Å². The number of anilines is 1. The molecule has 0 amide bonds. The van der Waals surface area contributed by atoms with Crippen LogP contribution in [0.5, 0.6) is 11.5 Å². The van der Waals surface area contributed by atoms with Crippen molar-refractivity contribution in [3.05, 3.63) is 47.5 Å². The second kappa shape index (κ2) is 7.48. The van der Waals surface area contributed by atoms with Gasteiger partial charge < -0.3 is 14.2 Å². The molecule has 1 heterocycles. The van der Waals surface area contributed by atoms with Crippen molar-refractivity contribution in [3.8, 4) is 11.5 Å². The summed E-state index contributed by atoms with van der Waals surface area (Å²) in [6, 6.07) is 8.95. The van der Waals surface area contributed by atoms with E-state index in [2.05, 4.69) is 9.46 Å². The third kappa shape index (κ3) is 4.00. The Morgan fingerprint density at radius 2 is 1.96 bits per heavy atom. The standard InChI is InChI=1S/C19H21NO6S/c1-4-25-18-10-14-9-12(2)26-17(14)11-16(18)20-27(22,23)15-7-5-13(6-8-15)19(21)24-3/h5-8,10-12,20H,4,9H2,1-3H3. The Hall–Kier alpha value is -2.74. The van der Waals surface area contributed by atoms with Crippen molar-refractivity contribution >= 4 is 21.7 Å². The van der Waals surface area contributed by atoms with Crippen molar-refractivity contribution in [2.24, 2.45) is 0 Å². The van der Waals surface area contributed by atoms with E-state index in [0.717, 1.165) is 12.0 Å². The fourth-order valence-electron chi connectivity index (χ4n) is 2.89. The maximum atomic E-state index is 12.7. The maximum Gasteiger partial charge on any atom is 0.337 e. The number of rotatable bonds is 6. The molecule has 1 aliphatic rings. The van der Waals surface area contributed by atoms with Gasteiger partial charge in [-0.25, -0.2) is 13.2 Å². The van der Waals surface area contributed by atoms with Crippen molar-refractivity contribution in [2.75, 3.05) is 18.4 Å². The maximum absolute atomic E-state index is 12.7. The van der Waals surface area contributed by atoms with Gasteiger partial charge in [0.15, 0.2) is 0 Å².